The van der Waals surface area contributed by atoms with Crippen LogP contribution >= 0.6 is 0 Å². The zero-order valence-electron chi connectivity index (χ0n) is 12.6. The van der Waals surface area contributed by atoms with Crippen LogP contribution in [0.15, 0.2) is 35.9 Å². The average Bonchev–Trinajstić information content (AvgIpc) is 2.95. The van der Waals surface area contributed by atoms with Crippen LogP contribution in [0.2, 0.25) is 0 Å². The van der Waals surface area contributed by atoms with E-state index in [-0.39, 0.29) is 5.78 Å². The predicted octanol–water partition coefficient (Wildman–Crippen LogP) is 3.74. The lowest BCUT2D eigenvalue weighted by atomic mass is 9.82. The fourth-order valence-corrected chi connectivity index (χ4v) is 3.32. The highest BCUT2D eigenvalue weighted by atomic mass is 16.7. The van der Waals surface area contributed by atoms with Crippen molar-refractivity contribution in [3.63, 3.8) is 0 Å². The van der Waals surface area contributed by atoms with Gasteiger partial charge in [0.25, 0.3) is 0 Å². The molecular formula is C18H22O3. The molecule has 3 rings (SSSR count). The number of hydrogen-bond donors (Lipinski definition) is 0. The van der Waals surface area contributed by atoms with E-state index in [1.54, 1.807) is 0 Å². The first kappa shape index (κ1) is 14.5. The minimum Gasteiger partial charge on any atom is -0.347 e. The number of carbonyl (C=O) groups is 1. The lowest BCUT2D eigenvalue weighted by molar-refractivity contribution is -0.176. The van der Waals surface area contributed by atoms with Crippen molar-refractivity contribution in [1.29, 1.82) is 0 Å². The molecule has 0 amide bonds. The monoisotopic (exact) mass is 286 g/mol. The van der Waals surface area contributed by atoms with E-state index in [0.29, 0.717) is 19.6 Å². The van der Waals surface area contributed by atoms with Crippen molar-refractivity contribution in [2.24, 2.45) is 0 Å². The van der Waals surface area contributed by atoms with Crippen molar-refractivity contribution >= 4 is 11.4 Å². The minimum absolute atomic E-state index is 0.190. The van der Waals surface area contributed by atoms with Gasteiger partial charge in [0, 0.05) is 6.42 Å². The van der Waals surface area contributed by atoms with Crippen LogP contribution in [-0.4, -0.2) is 24.8 Å². The molecule has 3 nitrogen and oxygen atoms in total. The van der Waals surface area contributed by atoms with Crippen molar-refractivity contribution in [1.82, 2.24) is 0 Å². The Kier molecular flexibility index (Phi) is 4.22. The van der Waals surface area contributed by atoms with Gasteiger partial charge in [-0.2, -0.15) is 0 Å². The van der Waals surface area contributed by atoms with Gasteiger partial charge in [-0.05, 0) is 29.6 Å². The van der Waals surface area contributed by atoms with Crippen LogP contribution in [0.1, 0.15) is 44.6 Å². The molecule has 1 aromatic carbocycles. The molecule has 1 aliphatic heterocycles. The highest BCUT2D eigenvalue weighted by Crippen LogP contribution is 2.39. The van der Waals surface area contributed by atoms with Crippen molar-refractivity contribution in [2.75, 3.05) is 13.2 Å². The molecule has 1 heterocycles. The first-order valence-corrected chi connectivity index (χ1v) is 7.83. The molecule has 0 aromatic heterocycles. The van der Waals surface area contributed by atoms with Gasteiger partial charge in [0.1, 0.15) is 0 Å². The Bertz CT molecular complexity index is 539. The molecule has 2 aliphatic rings. The summed E-state index contributed by atoms with van der Waals surface area (Å²) in [6.45, 7) is 3.36. The summed E-state index contributed by atoms with van der Waals surface area (Å²) in [5, 5.41) is 0. The number of Topliss-reactive ketones (excluding diaryl/α,β-unsaturated/α-hetero) is 1. The van der Waals surface area contributed by atoms with E-state index in [0.717, 1.165) is 31.3 Å². The van der Waals surface area contributed by atoms with Crippen LogP contribution in [0.3, 0.4) is 0 Å². The molecule has 1 saturated carbocycles. The number of hydrogen-bond acceptors (Lipinski definition) is 3. The molecular weight excluding hydrogens is 264 g/mol. The van der Waals surface area contributed by atoms with Crippen LogP contribution < -0.4 is 0 Å². The minimum atomic E-state index is -0.630. The van der Waals surface area contributed by atoms with Crippen LogP contribution in [0.25, 0.3) is 5.57 Å². The molecule has 1 aliphatic carbocycles. The zero-order valence-corrected chi connectivity index (χ0v) is 12.6. The fraction of sp³-hybridized carbons (Fsp3) is 0.500. The molecule has 21 heavy (non-hydrogen) atoms. The fourth-order valence-electron chi connectivity index (χ4n) is 3.32. The van der Waals surface area contributed by atoms with Crippen molar-refractivity contribution in [3.8, 4) is 0 Å². The van der Waals surface area contributed by atoms with E-state index in [1.807, 2.05) is 18.2 Å². The Hall–Kier alpha value is -1.45. The second-order valence-corrected chi connectivity index (χ2v) is 5.78. The Morgan fingerprint density at radius 2 is 1.90 bits per heavy atom. The molecule has 0 N–H and O–H groups in total. The van der Waals surface area contributed by atoms with Crippen LogP contribution in [0.5, 0.6) is 0 Å². The van der Waals surface area contributed by atoms with E-state index in [1.165, 1.54) is 11.1 Å². The number of ether oxygens (including phenoxy) is 2. The summed E-state index contributed by atoms with van der Waals surface area (Å²) in [6.07, 6.45) is 3.89. The molecule has 112 valence electrons. The van der Waals surface area contributed by atoms with Gasteiger partial charge in [0.05, 0.1) is 19.6 Å². The maximum Gasteiger partial charge on any atom is 0.176 e. The number of carbonyl (C=O) groups excluding carboxylic acids is 1. The summed E-state index contributed by atoms with van der Waals surface area (Å²) >= 11 is 0. The van der Waals surface area contributed by atoms with E-state index < -0.39 is 5.79 Å². The number of allylic oxidation sites excluding steroid dienone is 2. The third-order valence-electron chi connectivity index (χ3n) is 4.32. The molecule has 0 radical (unpaired) electrons. The lowest BCUT2D eigenvalue weighted by Crippen LogP contribution is -2.37. The normalized spacial score (nSPS) is 23.6. The third-order valence-corrected chi connectivity index (χ3v) is 4.32. The van der Waals surface area contributed by atoms with Gasteiger partial charge in [-0.15, -0.1) is 0 Å². The highest BCUT2D eigenvalue weighted by molar-refractivity contribution is 6.03. The van der Waals surface area contributed by atoms with Gasteiger partial charge in [-0.1, -0.05) is 43.7 Å². The average molecular weight is 286 g/mol. The summed E-state index contributed by atoms with van der Waals surface area (Å²) < 4.78 is 11.4. The number of benzene rings is 1. The van der Waals surface area contributed by atoms with E-state index in [9.17, 15) is 4.79 Å². The molecule has 1 spiro atoms. The summed E-state index contributed by atoms with van der Waals surface area (Å²) in [6, 6.07) is 10.3. The topological polar surface area (TPSA) is 35.5 Å². The molecule has 1 aromatic rings. The van der Waals surface area contributed by atoms with Gasteiger partial charge in [-0.3, -0.25) is 4.79 Å². The Morgan fingerprint density at radius 3 is 2.52 bits per heavy atom. The predicted molar refractivity (Wildman–Crippen MR) is 81.8 cm³/mol. The molecule has 0 atom stereocenters. The SMILES string of the molecule is CCC/C(=C1\CCC2(CC1=O)OCCO2)c1ccccc1. The Labute approximate surface area is 125 Å². The van der Waals surface area contributed by atoms with Crippen LogP contribution in [-0.2, 0) is 14.3 Å². The lowest BCUT2D eigenvalue weighted by Gasteiger charge is -2.32. The van der Waals surface area contributed by atoms with Gasteiger partial charge < -0.3 is 9.47 Å². The van der Waals surface area contributed by atoms with Crippen LogP contribution in [0, 0.1) is 0 Å². The Balaban J connectivity index is 1.90. The van der Waals surface area contributed by atoms with Gasteiger partial charge in [-0.25, -0.2) is 0 Å². The molecule has 3 heteroatoms. The van der Waals surface area contributed by atoms with Gasteiger partial charge >= 0.3 is 0 Å². The standard InChI is InChI=1S/C18H22O3/c1-2-6-15(14-7-4-3-5-8-14)16-9-10-18(13-17(16)19)20-11-12-21-18/h3-5,7-8H,2,6,9-13H2,1H3/b16-15-. The number of rotatable bonds is 3. The van der Waals surface area contributed by atoms with Crippen molar-refractivity contribution in [2.45, 2.75) is 44.8 Å². The largest absolute Gasteiger partial charge is 0.347 e. The number of ketones is 1. The summed E-state index contributed by atoms with van der Waals surface area (Å²) in [7, 11) is 0. The van der Waals surface area contributed by atoms with Crippen molar-refractivity contribution < 1.29 is 14.3 Å². The molecule has 2 fully saturated rings. The summed E-state index contributed by atoms with van der Waals surface area (Å²) in [5.41, 5.74) is 3.36. The van der Waals surface area contributed by atoms with Gasteiger partial charge in [0.15, 0.2) is 11.6 Å². The maximum absolute atomic E-state index is 12.6. The third kappa shape index (κ3) is 2.94. The Morgan fingerprint density at radius 1 is 1.19 bits per heavy atom. The van der Waals surface area contributed by atoms with Gasteiger partial charge in [0.2, 0.25) is 0 Å². The second kappa shape index (κ2) is 6.12. The molecule has 0 bridgehead atoms. The summed E-state index contributed by atoms with van der Waals surface area (Å²) in [4.78, 5) is 12.6. The quantitative estimate of drug-likeness (QED) is 0.794. The first-order valence-electron chi connectivity index (χ1n) is 7.83. The zero-order chi connectivity index (χ0) is 14.7. The van der Waals surface area contributed by atoms with Crippen LogP contribution in [0.4, 0.5) is 0 Å². The van der Waals surface area contributed by atoms with E-state index >= 15 is 0 Å². The smallest absolute Gasteiger partial charge is 0.176 e. The molecule has 1 saturated heterocycles. The maximum atomic E-state index is 12.6. The second-order valence-electron chi connectivity index (χ2n) is 5.78. The molecule has 0 unspecified atom stereocenters. The van der Waals surface area contributed by atoms with E-state index in [4.69, 9.17) is 9.47 Å². The highest BCUT2D eigenvalue weighted by Gasteiger charge is 2.43. The van der Waals surface area contributed by atoms with E-state index in [2.05, 4.69) is 19.1 Å². The summed E-state index contributed by atoms with van der Waals surface area (Å²) in [5.74, 6) is -0.440. The first-order chi connectivity index (χ1) is 10.2. The van der Waals surface area contributed by atoms with Crippen molar-refractivity contribution in [3.05, 3.63) is 41.5 Å².